The molecule has 2 aliphatic heterocycles. The predicted molar refractivity (Wildman–Crippen MR) is 154 cm³/mol. The second kappa shape index (κ2) is 9.58. The van der Waals surface area contributed by atoms with Crippen LogP contribution in [0.4, 0.5) is 11.8 Å². The summed E-state index contributed by atoms with van der Waals surface area (Å²) < 4.78 is 6.74. The number of piperazine rings is 1. The van der Waals surface area contributed by atoms with Gasteiger partial charge in [0.2, 0.25) is 5.95 Å². The number of ether oxygens (including phenoxy) is 1. The lowest BCUT2D eigenvalue weighted by Crippen LogP contribution is -2.45. The molecule has 0 radical (unpaired) electrons. The second-order valence-electron chi connectivity index (χ2n) is 11.0. The molecule has 1 N–H and O–H groups in total. The number of aromatic amines is 1. The Bertz CT molecular complexity index is 1500. The van der Waals surface area contributed by atoms with Crippen LogP contribution in [-0.2, 0) is 0 Å². The molecule has 0 spiro atoms. The van der Waals surface area contributed by atoms with Gasteiger partial charge in [-0.05, 0) is 63.8 Å². The maximum atomic E-state index is 7.20. The van der Waals surface area contributed by atoms with Gasteiger partial charge in [0.1, 0.15) is 11.3 Å². The number of rotatable bonds is 5. The normalized spacial score (nSPS) is 19.0. The van der Waals surface area contributed by atoms with Crippen molar-refractivity contribution < 1.29 is 4.74 Å². The topological polar surface area (TPSA) is 73.4 Å². The summed E-state index contributed by atoms with van der Waals surface area (Å²) in [5.41, 5.74) is 4.93. The number of hydrogen-bond donors (Lipinski definition) is 1. The number of aromatic nitrogens is 4. The van der Waals surface area contributed by atoms with E-state index in [9.17, 15) is 0 Å². The molecule has 7 rings (SSSR count). The molecule has 3 aliphatic rings. The van der Waals surface area contributed by atoms with Gasteiger partial charge in [0.25, 0.3) is 0 Å². The molecule has 4 heterocycles. The molecule has 198 valence electrons. The third-order valence-electron chi connectivity index (χ3n) is 8.20. The minimum absolute atomic E-state index is 0.194. The average molecular weight is 532 g/mol. The minimum Gasteiger partial charge on any atom is -0.487 e. The monoisotopic (exact) mass is 531 g/mol. The smallest absolute Gasteiger partial charge is 0.228 e. The first-order chi connectivity index (χ1) is 18.6. The summed E-state index contributed by atoms with van der Waals surface area (Å²) in [4.78, 5) is 17.6. The standard InChI is InChI=1S/C29H34ClN7O/c1-18-6-9-23-21(17-31-34-23)24(18)25-22(30)16-20-26(27(25)38-19-7-8-19)32-29(37-14-12-35(2)13-15-37)33-28(20)36-10-4-3-5-11-36/h6,9,16-17,19H,3-5,7-8,10-15H2,1-2H3,(H,31,34). The highest BCUT2D eigenvalue weighted by Crippen LogP contribution is 2.48. The zero-order chi connectivity index (χ0) is 25.8. The summed E-state index contributed by atoms with van der Waals surface area (Å²) in [5.74, 6) is 2.55. The number of H-pyrrole nitrogens is 1. The van der Waals surface area contributed by atoms with Gasteiger partial charge in [-0.1, -0.05) is 17.7 Å². The Balaban J connectivity index is 1.50. The van der Waals surface area contributed by atoms with E-state index in [0.717, 1.165) is 108 Å². The van der Waals surface area contributed by atoms with Crippen LogP contribution < -0.4 is 14.5 Å². The molecule has 1 aliphatic carbocycles. The van der Waals surface area contributed by atoms with Crippen LogP contribution in [0.1, 0.15) is 37.7 Å². The molecule has 4 aromatic rings. The molecule has 38 heavy (non-hydrogen) atoms. The third-order valence-corrected chi connectivity index (χ3v) is 8.50. The maximum absolute atomic E-state index is 7.20. The van der Waals surface area contributed by atoms with E-state index in [1.165, 1.54) is 19.3 Å². The van der Waals surface area contributed by atoms with E-state index in [4.69, 9.17) is 26.3 Å². The number of fused-ring (bicyclic) bond motifs is 2. The Labute approximate surface area is 227 Å². The summed E-state index contributed by atoms with van der Waals surface area (Å²) in [7, 11) is 2.17. The van der Waals surface area contributed by atoms with Gasteiger partial charge in [-0.2, -0.15) is 10.1 Å². The first-order valence-corrected chi connectivity index (χ1v) is 14.3. The molecule has 0 unspecified atom stereocenters. The van der Waals surface area contributed by atoms with Crippen LogP contribution in [-0.4, -0.2) is 77.5 Å². The van der Waals surface area contributed by atoms with Crippen molar-refractivity contribution >= 4 is 45.2 Å². The molecule has 2 aromatic heterocycles. The Morgan fingerprint density at radius 2 is 1.71 bits per heavy atom. The molecule has 1 saturated carbocycles. The van der Waals surface area contributed by atoms with Crippen molar-refractivity contribution in [3.8, 4) is 16.9 Å². The van der Waals surface area contributed by atoms with Crippen LogP contribution in [0, 0.1) is 6.92 Å². The highest BCUT2D eigenvalue weighted by Gasteiger charge is 2.31. The third kappa shape index (κ3) is 4.24. The highest BCUT2D eigenvalue weighted by atomic mass is 35.5. The lowest BCUT2D eigenvalue weighted by Gasteiger charge is -2.34. The maximum Gasteiger partial charge on any atom is 0.228 e. The SMILES string of the molecule is Cc1ccc2[nH]ncc2c1-c1c(Cl)cc2c(N3CCCCC3)nc(N3CCN(C)CC3)nc2c1OC1CC1. The molecular formula is C29H34ClN7O. The van der Waals surface area contributed by atoms with Gasteiger partial charge in [0.05, 0.1) is 22.8 Å². The highest BCUT2D eigenvalue weighted by molar-refractivity contribution is 6.35. The average Bonchev–Trinajstić information content (AvgIpc) is 3.63. The van der Waals surface area contributed by atoms with Crippen molar-refractivity contribution in [2.75, 3.05) is 56.1 Å². The summed E-state index contributed by atoms with van der Waals surface area (Å²) in [6, 6.07) is 6.26. The molecule has 0 bridgehead atoms. The fourth-order valence-corrected chi connectivity index (χ4v) is 6.12. The molecular weight excluding hydrogens is 498 g/mol. The predicted octanol–water partition coefficient (Wildman–Crippen LogP) is 5.42. The van der Waals surface area contributed by atoms with Crippen LogP contribution in [0.2, 0.25) is 5.02 Å². The van der Waals surface area contributed by atoms with Crippen molar-refractivity contribution in [1.82, 2.24) is 25.1 Å². The van der Waals surface area contributed by atoms with Gasteiger partial charge in [-0.3, -0.25) is 5.10 Å². The van der Waals surface area contributed by atoms with Crippen molar-refractivity contribution in [1.29, 1.82) is 0 Å². The summed E-state index contributed by atoms with van der Waals surface area (Å²) in [6.45, 7) is 7.94. The van der Waals surface area contributed by atoms with Gasteiger partial charge >= 0.3 is 0 Å². The zero-order valence-electron chi connectivity index (χ0n) is 22.1. The van der Waals surface area contributed by atoms with E-state index in [1.807, 2.05) is 6.20 Å². The Morgan fingerprint density at radius 3 is 2.47 bits per heavy atom. The Morgan fingerprint density at radius 1 is 0.921 bits per heavy atom. The van der Waals surface area contributed by atoms with E-state index in [1.54, 1.807) is 0 Å². The minimum atomic E-state index is 0.194. The molecule has 2 aromatic carbocycles. The molecule has 0 atom stereocenters. The lowest BCUT2D eigenvalue weighted by molar-refractivity contribution is 0.307. The van der Waals surface area contributed by atoms with Crippen LogP contribution in [0.5, 0.6) is 5.75 Å². The fourth-order valence-electron chi connectivity index (χ4n) is 5.83. The summed E-state index contributed by atoms with van der Waals surface area (Å²) >= 11 is 7.20. The van der Waals surface area contributed by atoms with Gasteiger partial charge in [0.15, 0.2) is 5.75 Å². The largest absolute Gasteiger partial charge is 0.487 e. The number of piperidine rings is 1. The van der Waals surface area contributed by atoms with Gasteiger partial charge < -0.3 is 19.4 Å². The quantitative estimate of drug-likeness (QED) is 0.368. The molecule has 2 saturated heterocycles. The molecule has 9 heteroatoms. The summed E-state index contributed by atoms with van der Waals surface area (Å²) in [6.07, 6.45) is 7.80. The number of nitrogens with zero attached hydrogens (tertiary/aromatic N) is 6. The molecule has 8 nitrogen and oxygen atoms in total. The lowest BCUT2D eigenvalue weighted by atomic mass is 9.94. The number of aryl methyl sites for hydroxylation is 1. The van der Waals surface area contributed by atoms with E-state index >= 15 is 0 Å². The number of nitrogens with one attached hydrogen (secondary N) is 1. The number of halogens is 1. The zero-order valence-corrected chi connectivity index (χ0v) is 22.9. The van der Waals surface area contributed by atoms with Gasteiger partial charge in [-0.25, -0.2) is 4.98 Å². The number of likely N-dealkylation sites (N-methyl/N-ethyl adjacent to an activating group) is 1. The Hall–Kier alpha value is -3.10. The summed E-state index contributed by atoms with van der Waals surface area (Å²) in [5, 5.41) is 10.1. The van der Waals surface area contributed by atoms with Crippen LogP contribution in [0.25, 0.3) is 32.9 Å². The first-order valence-electron chi connectivity index (χ1n) is 13.9. The fraction of sp³-hybridized carbons (Fsp3) is 0.483. The molecule has 0 amide bonds. The first kappa shape index (κ1) is 24.0. The Kier molecular flexibility index (Phi) is 6.04. The van der Waals surface area contributed by atoms with Crippen molar-refractivity contribution in [2.24, 2.45) is 0 Å². The number of benzene rings is 2. The van der Waals surface area contributed by atoms with E-state index < -0.39 is 0 Å². The van der Waals surface area contributed by atoms with Crippen molar-refractivity contribution in [3.05, 3.63) is 35.0 Å². The van der Waals surface area contributed by atoms with Gasteiger partial charge in [-0.15, -0.1) is 0 Å². The van der Waals surface area contributed by atoms with Crippen LogP contribution in [0.3, 0.4) is 0 Å². The van der Waals surface area contributed by atoms with Gasteiger partial charge in [0, 0.05) is 61.2 Å². The van der Waals surface area contributed by atoms with E-state index in [2.05, 4.69) is 57.1 Å². The number of hydrogen-bond acceptors (Lipinski definition) is 7. The van der Waals surface area contributed by atoms with E-state index in [-0.39, 0.29) is 6.10 Å². The van der Waals surface area contributed by atoms with Crippen LogP contribution in [0.15, 0.2) is 24.4 Å². The number of anilines is 2. The van der Waals surface area contributed by atoms with Crippen LogP contribution >= 0.6 is 11.6 Å². The second-order valence-corrected chi connectivity index (χ2v) is 11.5. The van der Waals surface area contributed by atoms with E-state index in [0.29, 0.717) is 5.02 Å². The molecule has 3 fully saturated rings. The van der Waals surface area contributed by atoms with Crippen molar-refractivity contribution in [3.63, 3.8) is 0 Å². The van der Waals surface area contributed by atoms with Crippen molar-refractivity contribution in [2.45, 2.75) is 45.1 Å².